The molecular formula is C59H85N12O23PS5. The molecule has 5 saturated heterocycles. The van der Waals surface area contributed by atoms with Crippen molar-refractivity contribution in [1.82, 2.24) is 52.4 Å². The molecule has 6 aliphatic heterocycles. The molecule has 5 aromatic rings. The third-order valence-corrected chi connectivity index (χ3v) is 26.7. The fourth-order valence-electron chi connectivity index (χ4n) is 11.6. The quantitative estimate of drug-likeness (QED) is 0.0240. The van der Waals surface area contributed by atoms with Gasteiger partial charge in [-0.1, -0.05) is 13.8 Å². The molecule has 5 aromatic heterocycles. The van der Waals surface area contributed by atoms with Crippen molar-refractivity contribution in [3.63, 3.8) is 0 Å². The Balaban J connectivity index is 0.000000180. The summed E-state index contributed by atoms with van der Waals surface area (Å²) in [6.07, 6.45) is 2.06. The average molecular weight is 1520 g/mol. The fourth-order valence-corrected chi connectivity index (χ4v) is 20.9. The van der Waals surface area contributed by atoms with Gasteiger partial charge in [-0.15, -0.1) is 58.8 Å². The van der Waals surface area contributed by atoms with Crippen molar-refractivity contribution in [1.29, 1.82) is 0 Å². The van der Waals surface area contributed by atoms with Crippen molar-refractivity contribution in [3.05, 3.63) is 166 Å². The first-order valence-corrected chi connectivity index (χ1v) is 37.3. The topological polar surface area (TPSA) is 479 Å². The molecule has 0 amide bonds. The Labute approximate surface area is 592 Å². The molecule has 100 heavy (non-hydrogen) atoms. The Kier molecular flexibility index (Phi) is 30.9. The van der Waals surface area contributed by atoms with Gasteiger partial charge < -0.3 is 73.7 Å². The lowest BCUT2D eigenvalue weighted by molar-refractivity contribution is -0.0189. The molecule has 0 saturated carbocycles. The number of thioether (sulfide) groups is 5. The second kappa shape index (κ2) is 37.8. The Bertz CT molecular complexity index is 3970. The molecule has 6 aliphatic rings. The summed E-state index contributed by atoms with van der Waals surface area (Å²) >= 11 is 6.86. The second-order valence-corrected chi connectivity index (χ2v) is 31.7. The molecule has 0 bridgehead atoms. The lowest BCUT2D eigenvalue weighted by atomic mass is 10.1. The van der Waals surface area contributed by atoms with E-state index in [2.05, 4.69) is 69.1 Å². The highest BCUT2D eigenvalue weighted by Crippen LogP contribution is 2.54. The summed E-state index contributed by atoms with van der Waals surface area (Å²) in [7, 11) is 3.10. The summed E-state index contributed by atoms with van der Waals surface area (Å²) < 4.78 is 43.6. The van der Waals surface area contributed by atoms with Crippen LogP contribution in [-0.2, 0) is 23.3 Å². The number of aliphatic hydroxyl groups is 8. The monoisotopic (exact) mass is 1520 g/mol. The summed E-state index contributed by atoms with van der Waals surface area (Å²) in [5, 5.41) is 73.4. The number of hydrogen-bond acceptors (Lipinski definition) is 30. The maximum absolute atomic E-state index is 12.4. The van der Waals surface area contributed by atoms with Crippen molar-refractivity contribution in [3.8, 4) is 6.01 Å². The van der Waals surface area contributed by atoms with Gasteiger partial charge in [0.05, 0.1) is 53.9 Å². The summed E-state index contributed by atoms with van der Waals surface area (Å²) in [5.74, 6) is 0. The minimum Gasteiger partial charge on any atom is -0.455 e. The third-order valence-electron chi connectivity index (χ3n) is 16.4. The van der Waals surface area contributed by atoms with Crippen molar-refractivity contribution >= 4 is 67.3 Å². The Morgan fingerprint density at radius 3 is 1.31 bits per heavy atom. The van der Waals surface area contributed by atoms with Gasteiger partial charge in [-0.2, -0.15) is 4.98 Å². The van der Waals surface area contributed by atoms with E-state index in [1.54, 1.807) is 29.6 Å². The van der Waals surface area contributed by atoms with Crippen LogP contribution in [0.5, 0.6) is 6.01 Å². The van der Waals surface area contributed by atoms with Crippen LogP contribution < -0.4 is 55.3 Å². The van der Waals surface area contributed by atoms with E-state index in [1.807, 2.05) is 6.92 Å². The van der Waals surface area contributed by atoms with Gasteiger partial charge in [0.2, 0.25) is 6.54 Å². The zero-order valence-corrected chi connectivity index (χ0v) is 60.7. The lowest BCUT2D eigenvalue weighted by Crippen LogP contribution is -2.41. The lowest BCUT2D eigenvalue weighted by Gasteiger charge is -2.38. The number of H-pyrrole nitrogens is 4. The van der Waals surface area contributed by atoms with Gasteiger partial charge in [0, 0.05) is 105 Å². The number of methoxy groups -OCH3 is 3. The van der Waals surface area contributed by atoms with Crippen molar-refractivity contribution in [2.45, 2.75) is 181 Å². The molecule has 21 atom stereocenters. The normalized spacial score (nSPS) is 30.4. The molecule has 0 radical (unpaired) electrons. The van der Waals surface area contributed by atoms with Gasteiger partial charge in [-0.25, -0.2) is 30.4 Å². The first-order chi connectivity index (χ1) is 47.6. The molecule has 35 nitrogen and oxygen atoms in total. The molecule has 0 aromatic carbocycles. The standard InChI is InChI=1S/C20H33N4O5PS.C11H16N2O4S.C10H14N2O5S.C9H12N2O5S.C9H10N2O4S/c1-8-15-17(29-30(28-12-10-21-6)24(13(2)3)14(4)5)18(27-7)19(31-15)23-11-9-16(25)22-20(23)26;1-3-6-8(15)9(17-2)10(18-6)13-5-4-7(14)12-11(13)16;1-17-8-7(15)5(4-13)18-9(8)12-3-2-6(14)11-10(12)16;12-3-4-6(14)7(15)8(17-4)11-2-1-5(13)10-9(11)16;12-3-4-6(14)7-8(16-4)11-2-1-5(13)10-9(11)15-7/h9,11,13-15,17-19H,8,10,12H2,1-5,7H3,(H,22,25,26);4-6,8-10,15H,3H2,1-2H3,(H,12,14,16);2-3,5,7-9,13,15H,4H2,1H3,(H,11,14,16);1-2,4,6-8,12,14-15H,3H2,(H,10,13,16);1-2,4,6-8,12,14H,3H2/t15-,17-,18-,19-,30?;6-,8-,9-,10-;5-,7-,8-,9-;4-,6-,7-,8-;4-,6-,7+,8-/m11111/s1. The van der Waals surface area contributed by atoms with Gasteiger partial charge in [0.25, 0.3) is 36.3 Å². The third kappa shape index (κ3) is 19.3. The Hall–Kier alpha value is -5.49. The summed E-state index contributed by atoms with van der Waals surface area (Å²) in [6, 6.07) is 6.99. The first kappa shape index (κ1) is 81.8. The number of ether oxygens (including phenoxy) is 4. The van der Waals surface area contributed by atoms with Crippen molar-refractivity contribution in [2.75, 3.05) is 54.3 Å². The van der Waals surface area contributed by atoms with E-state index < -0.39 is 130 Å². The fraction of sp³-hybridized carbons (Fsp3) is 0.644. The molecule has 11 rings (SSSR count). The number of nitrogens with zero attached hydrogens (tertiary/aromatic N) is 8. The van der Waals surface area contributed by atoms with Gasteiger partial charge in [-0.3, -0.25) is 66.7 Å². The van der Waals surface area contributed by atoms with E-state index in [-0.39, 0.29) is 88.0 Å². The largest absolute Gasteiger partial charge is 0.455 e. The van der Waals surface area contributed by atoms with Crippen LogP contribution in [0.25, 0.3) is 4.85 Å². The predicted molar refractivity (Wildman–Crippen MR) is 376 cm³/mol. The van der Waals surface area contributed by atoms with Crippen LogP contribution in [0.2, 0.25) is 0 Å². The summed E-state index contributed by atoms with van der Waals surface area (Å²) in [6.45, 7) is 19.4. The van der Waals surface area contributed by atoms with Crippen molar-refractivity contribution in [2.24, 2.45) is 0 Å². The van der Waals surface area contributed by atoms with E-state index in [4.69, 9.17) is 49.9 Å². The molecule has 5 fully saturated rings. The molecule has 41 heteroatoms. The van der Waals surface area contributed by atoms with Crippen LogP contribution in [-0.4, -0.2) is 247 Å². The van der Waals surface area contributed by atoms with Gasteiger partial charge >= 0.3 is 28.8 Å². The average Bonchev–Trinajstić information content (AvgIpc) is 1.61. The highest BCUT2D eigenvalue weighted by atomic mass is 32.2. The maximum Gasteiger partial charge on any atom is 0.329 e. The summed E-state index contributed by atoms with van der Waals surface area (Å²) in [5.41, 5.74) is -4.39. The number of aliphatic hydroxyl groups excluding tert-OH is 8. The van der Waals surface area contributed by atoms with E-state index in [1.165, 1.54) is 112 Å². The molecule has 0 aliphatic carbocycles. The molecule has 1 unspecified atom stereocenters. The van der Waals surface area contributed by atoms with Gasteiger partial charge in [0.1, 0.15) is 70.1 Å². The molecule has 11 heterocycles. The first-order valence-electron chi connectivity index (χ1n) is 31.5. The van der Waals surface area contributed by atoms with Crippen LogP contribution in [0.4, 0.5) is 0 Å². The maximum atomic E-state index is 12.4. The SMILES string of the molecule is CC[C@H]1S[C@@H](n2ccc(=O)[nH]c2=O)[C@H](OC)[C@@H]1O.CO[C@@H]1[C@H](O)[C@@H](CO)S[C@H]1n1ccc(=O)[nH]c1=O.O=c1ccn([C@@H]2S[C@H](CO)[C@@H](O)[C@H]2O)c(=O)[nH]1.O=c1ccn2c(n1)O[C@H]1[C@H](O)[C@@H](CO)S[C@H]12.[C-]#[N+]CCOP(O[C@H]1[C@@H](OC)[C@H](n2ccc(=O)[nH]c2=O)S[C@@H]1CC)N(C(C)C)C(C)C. The van der Waals surface area contributed by atoms with Crippen LogP contribution in [0.1, 0.15) is 81.3 Å². The number of hydrogen-bond donors (Lipinski definition) is 12. The van der Waals surface area contributed by atoms with Crippen molar-refractivity contribution < 1.29 is 68.8 Å². The molecule has 554 valence electrons. The zero-order chi connectivity index (χ0) is 73.6. The second-order valence-electron chi connectivity index (χ2n) is 23.4. The summed E-state index contributed by atoms with van der Waals surface area (Å²) in [4.78, 5) is 119. The van der Waals surface area contributed by atoms with Crippen LogP contribution in [0.3, 0.4) is 0 Å². The van der Waals surface area contributed by atoms with E-state index in [9.17, 15) is 68.7 Å². The minimum absolute atomic E-state index is 0.0266. The minimum atomic E-state index is -1.44. The van der Waals surface area contributed by atoms with E-state index in [0.29, 0.717) is 6.61 Å². The van der Waals surface area contributed by atoms with Crippen LogP contribution in [0.15, 0.2) is 104 Å². The molecule has 0 spiro atoms. The Morgan fingerprint density at radius 2 is 0.900 bits per heavy atom. The van der Waals surface area contributed by atoms with Crippen LogP contribution in [0, 0.1) is 6.57 Å². The number of aromatic amines is 4. The highest BCUT2D eigenvalue weighted by Gasteiger charge is 2.52. The highest BCUT2D eigenvalue weighted by molar-refractivity contribution is 8.01. The predicted octanol–water partition coefficient (Wildman–Crippen LogP) is -1.47. The number of fused-ring (bicyclic) bond motifs is 3. The Morgan fingerprint density at radius 1 is 0.520 bits per heavy atom. The van der Waals surface area contributed by atoms with Gasteiger partial charge in [-0.05, 0) is 40.5 Å². The van der Waals surface area contributed by atoms with Gasteiger partial charge in [0.15, 0.2) is 6.10 Å². The van der Waals surface area contributed by atoms with E-state index in [0.717, 1.165) is 35.2 Å². The molecule has 12 N–H and O–H groups in total. The number of aromatic nitrogens is 10. The zero-order valence-electron chi connectivity index (χ0n) is 55.7. The number of nitrogens with one attached hydrogen (secondary N) is 4. The smallest absolute Gasteiger partial charge is 0.329 e. The molecular weight excluding hydrogens is 1440 g/mol. The van der Waals surface area contributed by atoms with Crippen LogP contribution >= 0.6 is 67.3 Å². The van der Waals surface area contributed by atoms with E-state index >= 15 is 0 Å². The number of rotatable bonds is 20.